The highest BCUT2D eigenvalue weighted by atomic mass is 79.9. The average Bonchev–Trinajstić information content (AvgIpc) is 2.39. The van der Waals surface area contributed by atoms with E-state index >= 15 is 0 Å². The Morgan fingerprint density at radius 1 is 1.44 bits per heavy atom. The number of aromatic nitrogens is 1. The second kappa shape index (κ2) is 6.04. The van der Waals surface area contributed by atoms with Crippen LogP contribution in [0.1, 0.15) is 6.92 Å². The Morgan fingerprint density at radius 2 is 2.17 bits per heavy atom. The summed E-state index contributed by atoms with van der Waals surface area (Å²) in [6, 6.07) is 3.89. The van der Waals surface area contributed by atoms with Gasteiger partial charge in [-0.05, 0) is 19.1 Å². The molecule has 98 valence electrons. The number of piperazine rings is 1. The molecule has 1 aliphatic heterocycles. The summed E-state index contributed by atoms with van der Waals surface area (Å²) in [5, 5.41) is 0. The van der Waals surface area contributed by atoms with Crippen molar-refractivity contribution in [3.8, 4) is 0 Å². The van der Waals surface area contributed by atoms with Gasteiger partial charge in [0, 0.05) is 36.8 Å². The average molecular weight is 314 g/mol. The van der Waals surface area contributed by atoms with Crippen LogP contribution in [0.15, 0.2) is 22.8 Å². The molecule has 0 radical (unpaired) electrons. The molecule has 1 fully saturated rings. The number of nitrogens with zero attached hydrogens (tertiary/aromatic N) is 3. The lowest BCUT2D eigenvalue weighted by Crippen LogP contribution is -2.49. The summed E-state index contributed by atoms with van der Waals surface area (Å²) in [7, 11) is 0. The number of halogens is 1. The van der Waals surface area contributed by atoms with Crippen LogP contribution in [0.2, 0.25) is 0 Å². The fraction of sp³-hybridized carbons (Fsp3) is 0.500. The molecule has 5 nitrogen and oxygen atoms in total. The molecule has 1 saturated heterocycles. The van der Waals surface area contributed by atoms with Gasteiger partial charge >= 0.3 is 6.09 Å². The highest BCUT2D eigenvalue weighted by Crippen LogP contribution is 2.18. The van der Waals surface area contributed by atoms with E-state index in [2.05, 4.69) is 25.8 Å². The molecule has 18 heavy (non-hydrogen) atoms. The van der Waals surface area contributed by atoms with E-state index in [0.717, 1.165) is 23.4 Å². The third-order valence-electron chi connectivity index (χ3n) is 2.84. The Labute approximate surface area is 115 Å². The summed E-state index contributed by atoms with van der Waals surface area (Å²) >= 11 is 3.43. The third kappa shape index (κ3) is 3.13. The predicted octanol–water partition coefficient (Wildman–Crippen LogP) is 2.12. The van der Waals surface area contributed by atoms with Gasteiger partial charge in [-0.25, -0.2) is 9.78 Å². The van der Waals surface area contributed by atoms with E-state index in [9.17, 15) is 4.79 Å². The molecule has 0 spiro atoms. The Kier molecular flexibility index (Phi) is 4.41. The molecule has 2 rings (SSSR count). The monoisotopic (exact) mass is 313 g/mol. The molecular weight excluding hydrogens is 298 g/mol. The van der Waals surface area contributed by atoms with Gasteiger partial charge in [0.2, 0.25) is 0 Å². The van der Waals surface area contributed by atoms with Crippen LogP contribution >= 0.6 is 15.9 Å². The molecule has 0 atom stereocenters. The van der Waals surface area contributed by atoms with Gasteiger partial charge in [-0.15, -0.1) is 0 Å². The van der Waals surface area contributed by atoms with E-state index in [-0.39, 0.29) is 6.09 Å². The molecule has 0 N–H and O–H groups in total. The van der Waals surface area contributed by atoms with Crippen molar-refractivity contribution in [2.24, 2.45) is 0 Å². The first-order chi connectivity index (χ1) is 8.70. The first kappa shape index (κ1) is 13.1. The smallest absolute Gasteiger partial charge is 0.409 e. The molecule has 0 saturated carbocycles. The topological polar surface area (TPSA) is 45.7 Å². The lowest BCUT2D eigenvalue weighted by atomic mass is 10.3. The zero-order valence-electron chi connectivity index (χ0n) is 10.3. The lowest BCUT2D eigenvalue weighted by molar-refractivity contribution is 0.105. The van der Waals surface area contributed by atoms with Crippen molar-refractivity contribution >= 4 is 27.8 Å². The van der Waals surface area contributed by atoms with Crippen molar-refractivity contribution in [2.75, 3.05) is 37.7 Å². The molecular formula is C12H16BrN3O2. The maximum Gasteiger partial charge on any atom is 0.409 e. The van der Waals surface area contributed by atoms with Crippen LogP contribution in [-0.2, 0) is 4.74 Å². The van der Waals surface area contributed by atoms with Gasteiger partial charge in [0.05, 0.1) is 6.61 Å². The number of rotatable bonds is 2. The van der Waals surface area contributed by atoms with Crippen molar-refractivity contribution in [2.45, 2.75) is 6.92 Å². The number of anilines is 1. The SMILES string of the molecule is CCOC(=O)N1CCN(c2cc(Br)ccn2)CC1. The van der Waals surface area contributed by atoms with Gasteiger partial charge in [-0.1, -0.05) is 15.9 Å². The number of carbonyl (C=O) groups is 1. The Hall–Kier alpha value is -1.30. The third-order valence-corrected chi connectivity index (χ3v) is 3.33. The van der Waals surface area contributed by atoms with E-state index in [0.29, 0.717) is 19.7 Å². The molecule has 1 aromatic heterocycles. The van der Waals surface area contributed by atoms with Crippen molar-refractivity contribution in [3.05, 3.63) is 22.8 Å². The number of amides is 1. The quantitative estimate of drug-likeness (QED) is 0.839. The summed E-state index contributed by atoms with van der Waals surface area (Å²) in [6.07, 6.45) is 1.55. The van der Waals surface area contributed by atoms with Crippen molar-refractivity contribution < 1.29 is 9.53 Å². The second-order valence-electron chi connectivity index (χ2n) is 4.01. The highest BCUT2D eigenvalue weighted by molar-refractivity contribution is 9.10. The zero-order chi connectivity index (χ0) is 13.0. The minimum Gasteiger partial charge on any atom is -0.450 e. The van der Waals surface area contributed by atoms with Gasteiger partial charge in [0.25, 0.3) is 0 Å². The number of ether oxygens (including phenoxy) is 1. The first-order valence-corrected chi connectivity index (χ1v) is 6.78. The lowest BCUT2D eigenvalue weighted by Gasteiger charge is -2.34. The molecule has 0 unspecified atom stereocenters. The van der Waals surface area contributed by atoms with E-state index in [1.165, 1.54) is 0 Å². The molecule has 2 heterocycles. The molecule has 0 bridgehead atoms. The summed E-state index contributed by atoms with van der Waals surface area (Å²) in [6.45, 7) is 5.15. The van der Waals surface area contributed by atoms with E-state index < -0.39 is 0 Å². The van der Waals surface area contributed by atoms with Crippen molar-refractivity contribution in [1.82, 2.24) is 9.88 Å². The Morgan fingerprint density at radius 3 is 2.78 bits per heavy atom. The van der Waals surface area contributed by atoms with E-state index in [1.54, 1.807) is 11.1 Å². The first-order valence-electron chi connectivity index (χ1n) is 5.99. The van der Waals surface area contributed by atoms with Crippen LogP contribution in [0.25, 0.3) is 0 Å². The minimum atomic E-state index is -0.223. The van der Waals surface area contributed by atoms with Crippen molar-refractivity contribution in [1.29, 1.82) is 0 Å². The van der Waals surface area contributed by atoms with Crippen LogP contribution in [0, 0.1) is 0 Å². The van der Waals surface area contributed by atoms with Crippen LogP contribution in [0.3, 0.4) is 0 Å². The van der Waals surface area contributed by atoms with Crippen LogP contribution in [0.4, 0.5) is 10.6 Å². The molecule has 1 amide bonds. The van der Waals surface area contributed by atoms with E-state index in [4.69, 9.17) is 4.74 Å². The molecule has 1 aromatic rings. The number of hydrogen-bond acceptors (Lipinski definition) is 4. The zero-order valence-corrected chi connectivity index (χ0v) is 11.9. The standard InChI is InChI=1S/C12H16BrN3O2/c1-2-18-12(17)16-7-5-15(6-8-16)11-9-10(13)3-4-14-11/h3-4,9H,2,5-8H2,1H3. The molecule has 6 heteroatoms. The fourth-order valence-corrected chi connectivity index (χ4v) is 2.22. The van der Waals surface area contributed by atoms with Gasteiger partial charge in [-0.3, -0.25) is 0 Å². The molecule has 1 aliphatic rings. The highest BCUT2D eigenvalue weighted by Gasteiger charge is 2.22. The second-order valence-corrected chi connectivity index (χ2v) is 4.92. The van der Waals surface area contributed by atoms with E-state index in [1.807, 2.05) is 19.1 Å². The number of hydrogen-bond donors (Lipinski definition) is 0. The largest absolute Gasteiger partial charge is 0.450 e. The fourth-order valence-electron chi connectivity index (χ4n) is 1.90. The van der Waals surface area contributed by atoms with Crippen molar-refractivity contribution in [3.63, 3.8) is 0 Å². The van der Waals surface area contributed by atoms with Gasteiger partial charge in [0.1, 0.15) is 5.82 Å². The normalized spacial score (nSPS) is 15.7. The summed E-state index contributed by atoms with van der Waals surface area (Å²) in [4.78, 5) is 19.8. The summed E-state index contributed by atoms with van der Waals surface area (Å²) < 4.78 is 6.00. The Balaban J connectivity index is 1.92. The maximum atomic E-state index is 11.6. The minimum absolute atomic E-state index is 0.223. The van der Waals surface area contributed by atoms with Crippen LogP contribution < -0.4 is 4.90 Å². The summed E-state index contributed by atoms with van der Waals surface area (Å²) in [5.74, 6) is 0.938. The molecule has 0 aliphatic carbocycles. The summed E-state index contributed by atoms with van der Waals surface area (Å²) in [5.41, 5.74) is 0. The Bertz CT molecular complexity index is 420. The van der Waals surface area contributed by atoms with Gasteiger partial charge in [-0.2, -0.15) is 0 Å². The maximum absolute atomic E-state index is 11.6. The number of pyridine rings is 1. The van der Waals surface area contributed by atoms with Crippen LogP contribution in [0.5, 0.6) is 0 Å². The number of carbonyl (C=O) groups excluding carboxylic acids is 1. The van der Waals surface area contributed by atoms with Gasteiger partial charge in [0.15, 0.2) is 0 Å². The van der Waals surface area contributed by atoms with Crippen LogP contribution in [-0.4, -0.2) is 48.8 Å². The predicted molar refractivity (Wildman–Crippen MR) is 72.7 cm³/mol. The molecule has 0 aromatic carbocycles. The van der Waals surface area contributed by atoms with Gasteiger partial charge < -0.3 is 14.5 Å².